The van der Waals surface area contributed by atoms with Gasteiger partial charge in [0.1, 0.15) is 4.90 Å². The molecule has 0 saturated heterocycles. The van der Waals surface area contributed by atoms with Gasteiger partial charge < -0.3 is 10.6 Å². The minimum Gasteiger partial charge on any atom is -0.352 e. The number of carbonyl (C=O) groups is 2. The molecule has 7 nitrogen and oxygen atoms in total. The standard InChI is InChI=1S/C19H22ClN3O4S/c1-23(2)28(26,27)17-12-15(8-9-16(17)20)19(25)21-11-10-18(24)22-13-14-6-4-3-5-7-14/h3-9,12H,10-11,13H2,1-2H3,(H,21,25)(H,22,24). The Bertz CT molecular complexity index is 947. The molecule has 0 aliphatic heterocycles. The summed E-state index contributed by atoms with van der Waals surface area (Å²) in [6.07, 6.45) is 0.106. The average Bonchev–Trinajstić information content (AvgIpc) is 2.67. The molecule has 9 heteroatoms. The Kier molecular flexibility index (Phi) is 7.56. The average molecular weight is 424 g/mol. The Morgan fingerprint density at radius 1 is 1.04 bits per heavy atom. The normalized spacial score (nSPS) is 11.3. The van der Waals surface area contributed by atoms with Crippen molar-refractivity contribution < 1.29 is 18.0 Å². The van der Waals surface area contributed by atoms with Gasteiger partial charge in [0, 0.05) is 39.2 Å². The van der Waals surface area contributed by atoms with Crippen LogP contribution in [0.25, 0.3) is 0 Å². The van der Waals surface area contributed by atoms with Crippen molar-refractivity contribution in [2.45, 2.75) is 17.9 Å². The van der Waals surface area contributed by atoms with Crippen LogP contribution in [0.4, 0.5) is 0 Å². The molecule has 2 aromatic carbocycles. The van der Waals surface area contributed by atoms with Gasteiger partial charge in [-0.25, -0.2) is 12.7 Å². The van der Waals surface area contributed by atoms with Crippen LogP contribution in [0.2, 0.25) is 5.02 Å². The lowest BCUT2D eigenvalue weighted by Crippen LogP contribution is -2.30. The highest BCUT2D eigenvalue weighted by Gasteiger charge is 2.22. The van der Waals surface area contributed by atoms with E-state index in [1.54, 1.807) is 0 Å². The van der Waals surface area contributed by atoms with E-state index in [1.165, 1.54) is 32.3 Å². The first-order valence-corrected chi connectivity index (χ1v) is 10.3. The second-order valence-corrected chi connectivity index (χ2v) is 8.73. The van der Waals surface area contributed by atoms with Crippen molar-refractivity contribution in [1.29, 1.82) is 0 Å². The number of benzene rings is 2. The first-order chi connectivity index (χ1) is 13.2. The molecular weight excluding hydrogens is 402 g/mol. The minimum atomic E-state index is -3.77. The van der Waals surface area contributed by atoms with E-state index >= 15 is 0 Å². The third kappa shape index (κ3) is 5.79. The lowest BCUT2D eigenvalue weighted by molar-refractivity contribution is -0.121. The zero-order valence-electron chi connectivity index (χ0n) is 15.6. The summed E-state index contributed by atoms with van der Waals surface area (Å²) in [7, 11) is -1.01. The Morgan fingerprint density at radius 2 is 1.71 bits per heavy atom. The number of nitrogens with one attached hydrogen (secondary N) is 2. The molecule has 2 amide bonds. The van der Waals surface area contributed by atoms with Gasteiger partial charge in [0.2, 0.25) is 15.9 Å². The molecule has 0 saturated carbocycles. The largest absolute Gasteiger partial charge is 0.352 e. The summed E-state index contributed by atoms with van der Waals surface area (Å²) < 4.78 is 25.6. The second-order valence-electron chi connectivity index (χ2n) is 6.20. The second kappa shape index (κ2) is 9.68. The molecule has 0 aromatic heterocycles. The van der Waals surface area contributed by atoms with Crippen molar-refractivity contribution in [2.24, 2.45) is 0 Å². The quantitative estimate of drug-likeness (QED) is 0.679. The molecule has 0 spiro atoms. The van der Waals surface area contributed by atoms with Gasteiger partial charge in [-0.1, -0.05) is 41.9 Å². The van der Waals surface area contributed by atoms with E-state index < -0.39 is 15.9 Å². The van der Waals surface area contributed by atoms with E-state index in [0.717, 1.165) is 9.87 Å². The third-order valence-electron chi connectivity index (χ3n) is 3.92. The van der Waals surface area contributed by atoms with E-state index in [0.29, 0.717) is 6.54 Å². The van der Waals surface area contributed by atoms with Crippen LogP contribution in [0.3, 0.4) is 0 Å². The summed E-state index contributed by atoms with van der Waals surface area (Å²) >= 11 is 5.97. The molecule has 0 aliphatic carbocycles. The Labute approximate surface area is 169 Å². The molecule has 28 heavy (non-hydrogen) atoms. The predicted octanol–water partition coefficient (Wildman–Crippen LogP) is 2.03. The predicted molar refractivity (Wildman–Crippen MR) is 108 cm³/mol. The van der Waals surface area contributed by atoms with Crippen LogP contribution in [0.15, 0.2) is 53.4 Å². The van der Waals surface area contributed by atoms with Crippen LogP contribution >= 0.6 is 11.6 Å². The molecule has 2 N–H and O–H groups in total. The summed E-state index contributed by atoms with van der Waals surface area (Å²) in [5, 5.41) is 5.41. The number of nitrogens with zero attached hydrogens (tertiary/aromatic N) is 1. The fourth-order valence-corrected chi connectivity index (χ4v) is 3.71. The summed E-state index contributed by atoms with van der Waals surface area (Å²) in [6.45, 7) is 0.536. The number of carbonyl (C=O) groups excluding carboxylic acids is 2. The highest BCUT2D eigenvalue weighted by molar-refractivity contribution is 7.89. The Balaban J connectivity index is 1.90. The molecular formula is C19H22ClN3O4S. The van der Waals surface area contributed by atoms with Crippen LogP contribution in [0.5, 0.6) is 0 Å². The van der Waals surface area contributed by atoms with Gasteiger partial charge in [-0.3, -0.25) is 9.59 Å². The van der Waals surface area contributed by atoms with Gasteiger partial charge in [-0.2, -0.15) is 0 Å². The number of hydrogen-bond donors (Lipinski definition) is 2. The zero-order valence-corrected chi connectivity index (χ0v) is 17.2. The maximum Gasteiger partial charge on any atom is 0.251 e. The first-order valence-electron chi connectivity index (χ1n) is 8.52. The molecule has 0 aliphatic rings. The Hall–Kier alpha value is -2.42. The molecule has 150 valence electrons. The number of sulfonamides is 1. The lowest BCUT2D eigenvalue weighted by atomic mass is 10.2. The summed E-state index contributed by atoms with van der Waals surface area (Å²) in [4.78, 5) is 24.0. The zero-order chi connectivity index (χ0) is 20.7. The van der Waals surface area contributed by atoms with E-state index in [-0.39, 0.29) is 34.4 Å². The number of hydrogen-bond acceptors (Lipinski definition) is 4. The van der Waals surface area contributed by atoms with Gasteiger partial charge in [0.15, 0.2) is 0 Å². The van der Waals surface area contributed by atoms with E-state index in [4.69, 9.17) is 11.6 Å². The summed E-state index contributed by atoms with van der Waals surface area (Å²) in [5.74, 6) is -0.682. The van der Waals surface area contributed by atoms with Crippen molar-refractivity contribution >= 4 is 33.4 Å². The molecule has 0 heterocycles. The smallest absolute Gasteiger partial charge is 0.251 e. The van der Waals surface area contributed by atoms with Crippen molar-refractivity contribution in [1.82, 2.24) is 14.9 Å². The molecule has 2 rings (SSSR count). The van der Waals surface area contributed by atoms with E-state index in [1.807, 2.05) is 30.3 Å². The molecule has 0 unspecified atom stereocenters. The van der Waals surface area contributed by atoms with Crippen molar-refractivity contribution in [3.8, 4) is 0 Å². The third-order valence-corrected chi connectivity index (χ3v) is 6.22. The highest BCUT2D eigenvalue weighted by atomic mass is 35.5. The van der Waals surface area contributed by atoms with Crippen LogP contribution < -0.4 is 10.6 Å². The van der Waals surface area contributed by atoms with Crippen molar-refractivity contribution in [3.63, 3.8) is 0 Å². The highest BCUT2D eigenvalue weighted by Crippen LogP contribution is 2.24. The van der Waals surface area contributed by atoms with Crippen LogP contribution in [0, 0.1) is 0 Å². The number of rotatable bonds is 8. The van der Waals surface area contributed by atoms with Crippen LogP contribution in [-0.2, 0) is 21.4 Å². The lowest BCUT2D eigenvalue weighted by Gasteiger charge is -2.14. The number of halogens is 1. The van der Waals surface area contributed by atoms with Crippen molar-refractivity contribution in [3.05, 3.63) is 64.7 Å². The van der Waals surface area contributed by atoms with Crippen LogP contribution in [-0.4, -0.2) is 45.2 Å². The van der Waals surface area contributed by atoms with Gasteiger partial charge >= 0.3 is 0 Å². The maximum atomic E-state index is 12.3. The van der Waals surface area contributed by atoms with Gasteiger partial charge in [-0.05, 0) is 23.8 Å². The fraction of sp³-hybridized carbons (Fsp3) is 0.263. The number of amides is 2. The molecule has 0 radical (unpaired) electrons. The van der Waals surface area contributed by atoms with Crippen molar-refractivity contribution in [2.75, 3.05) is 20.6 Å². The Morgan fingerprint density at radius 3 is 2.36 bits per heavy atom. The summed E-state index contributed by atoms with van der Waals surface area (Å²) in [6, 6.07) is 13.5. The van der Waals surface area contributed by atoms with Gasteiger partial charge in [0.25, 0.3) is 5.91 Å². The summed E-state index contributed by atoms with van der Waals surface area (Å²) in [5.41, 5.74) is 1.13. The SMILES string of the molecule is CN(C)S(=O)(=O)c1cc(C(=O)NCCC(=O)NCc2ccccc2)ccc1Cl. The first kappa shape index (κ1) is 21.9. The fourth-order valence-electron chi connectivity index (χ4n) is 2.32. The van der Waals surface area contributed by atoms with Crippen LogP contribution in [0.1, 0.15) is 22.3 Å². The van der Waals surface area contributed by atoms with E-state index in [2.05, 4.69) is 10.6 Å². The minimum absolute atomic E-state index is 0.0329. The van der Waals surface area contributed by atoms with Gasteiger partial charge in [0.05, 0.1) is 5.02 Å². The van der Waals surface area contributed by atoms with Gasteiger partial charge in [-0.15, -0.1) is 0 Å². The topological polar surface area (TPSA) is 95.6 Å². The monoisotopic (exact) mass is 423 g/mol. The molecule has 0 fully saturated rings. The van der Waals surface area contributed by atoms with E-state index in [9.17, 15) is 18.0 Å². The molecule has 0 atom stereocenters. The molecule has 2 aromatic rings. The molecule has 0 bridgehead atoms. The maximum absolute atomic E-state index is 12.3.